The number of rotatable bonds is 6. The monoisotopic (exact) mass is 237 g/mol. The molecule has 0 aliphatic rings. The van der Waals surface area contributed by atoms with Crippen LogP contribution in [0.5, 0.6) is 5.75 Å². The van der Waals surface area contributed by atoms with Crippen molar-refractivity contribution >= 4 is 5.91 Å². The molecule has 0 saturated carbocycles. The van der Waals surface area contributed by atoms with Gasteiger partial charge in [0, 0.05) is 6.54 Å². The number of hydrogen-bond acceptors (Lipinski definition) is 2. The third kappa shape index (κ3) is 3.90. The Morgan fingerprint density at radius 1 is 1.59 bits per heavy atom. The smallest absolute Gasteiger partial charge is 0.261 e. The maximum Gasteiger partial charge on any atom is 0.261 e. The Hall–Kier alpha value is -1.84. The van der Waals surface area contributed by atoms with Crippen molar-refractivity contribution in [2.24, 2.45) is 0 Å². The average Bonchev–Trinajstić information content (AvgIpc) is 2.35. The molecule has 0 unspecified atom stereocenters. The summed E-state index contributed by atoms with van der Waals surface area (Å²) in [6.45, 7) is 5.68. The highest BCUT2D eigenvalue weighted by molar-refractivity contribution is 5.81. The van der Waals surface area contributed by atoms with E-state index in [0.717, 1.165) is 0 Å². The molecular formula is C13H16FNO2. The van der Waals surface area contributed by atoms with E-state index < -0.39 is 11.9 Å². The lowest BCUT2D eigenvalue weighted by Crippen LogP contribution is -2.38. The first-order valence-corrected chi connectivity index (χ1v) is 5.48. The van der Waals surface area contributed by atoms with Gasteiger partial charge >= 0.3 is 0 Å². The van der Waals surface area contributed by atoms with Crippen LogP contribution in [-0.4, -0.2) is 18.6 Å². The van der Waals surface area contributed by atoms with Crippen molar-refractivity contribution in [1.29, 1.82) is 0 Å². The van der Waals surface area contributed by atoms with E-state index in [4.69, 9.17) is 4.74 Å². The number of carbonyl (C=O) groups excluding carboxylic acids is 1. The van der Waals surface area contributed by atoms with E-state index in [9.17, 15) is 9.18 Å². The Kier molecular flexibility index (Phi) is 5.20. The Morgan fingerprint density at radius 3 is 2.88 bits per heavy atom. The summed E-state index contributed by atoms with van der Waals surface area (Å²) >= 11 is 0. The largest absolute Gasteiger partial charge is 0.478 e. The second kappa shape index (κ2) is 6.68. The fraction of sp³-hybridized carbons (Fsp3) is 0.308. The number of hydrogen-bond donors (Lipinski definition) is 1. The molecule has 0 radical (unpaired) electrons. The van der Waals surface area contributed by atoms with Crippen LogP contribution in [0.1, 0.15) is 13.3 Å². The van der Waals surface area contributed by atoms with Crippen molar-refractivity contribution in [3.63, 3.8) is 0 Å². The van der Waals surface area contributed by atoms with Gasteiger partial charge in [-0.25, -0.2) is 4.39 Å². The van der Waals surface area contributed by atoms with Crippen molar-refractivity contribution in [3.05, 3.63) is 42.7 Å². The van der Waals surface area contributed by atoms with E-state index in [0.29, 0.717) is 13.0 Å². The first-order chi connectivity index (χ1) is 8.19. The van der Waals surface area contributed by atoms with E-state index in [-0.39, 0.29) is 11.7 Å². The lowest BCUT2D eigenvalue weighted by molar-refractivity contribution is -0.127. The van der Waals surface area contributed by atoms with Crippen LogP contribution in [-0.2, 0) is 4.79 Å². The van der Waals surface area contributed by atoms with Gasteiger partial charge in [-0.05, 0) is 18.6 Å². The molecule has 1 aromatic carbocycles. The zero-order valence-electron chi connectivity index (χ0n) is 9.78. The summed E-state index contributed by atoms with van der Waals surface area (Å²) < 4.78 is 18.7. The summed E-state index contributed by atoms with van der Waals surface area (Å²) in [5.41, 5.74) is 0. The van der Waals surface area contributed by atoms with E-state index >= 15 is 0 Å². The predicted molar refractivity (Wildman–Crippen MR) is 64.3 cm³/mol. The number of benzene rings is 1. The van der Waals surface area contributed by atoms with Gasteiger partial charge in [-0.3, -0.25) is 4.79 Å². The highest BCUT2D eigenvalue weighted by atomic mass is 19.1. The molecule has 1 aromatic rings. The molecule has 0 spiro atoms. The maximum atomic E-state index is 13.3. The van der Waals surface area contributed by atoms with Crippen molar-refractivity contribution in [1.82, 2.24) is 5.32 Å². The number of amides is 1. The van der Waals surface area contributed by atoms with Gasteiger partial charge in [-0.1, -0.05) is 25.1 Å². The SMILES string of the molecule is C=CCNC(=O)[C@@H](CC)Oc1ccccc1F. The second-order valence-corrected chi connectivity index (χ2v) is 3.48. The highest BCUT2D eigenvalue weighted by Gasteiger charge is 2.18. The lowest BCUT2D eigenvalue weighted by Gasteiger charge is -2.17. The molecule has 0 bridgehead atoms. The normalized spacial score (nSPS) is 11.6. The number of para-hydroxylation sites is 1. The van der Waals surface area contributed by atoms with Gasteiger partial charge in [-0.2, -0.15) is 0 Å². The van der Waals surface area contributed by atoms with Crippen LogP contribution >= 0.6 is 0 Å². The molecule has 1 atom stereocenters. The van der Waals surface area contributed by atoms with Crippen LogP contribution in [0.3, 0.4) is 0 Å². The molecule has 0 aliphatic carbocycles. The molecule has 17 heavy (non-hydrogen) atoms. The zero-order valence-corrected chi connectivity index (χ0v) is 9.78. The van der Waals surface area contributed by atoms with Crippen LogP contribution in [0.2, 0.25) is 0 Å². The molecule has 3 nitrogen and oxygen atoms in total. The summed E-state index contributed by atoms with van der Waals surface area (Å²) in [6, 6.07) is 6.02. The van der Waals surface area contributed by atoms with Crippen molar-refractivity contribution in [3.8, 4) is 5.75 Å². The van der Waals surface area contributed by atoms with Gasteiger partial charge in [0.05, 0.1) is 0 Å². The number of halogens is 1. The minimum Gasteiger partial charge on any atom is -0.478 e. The molecule has 1 rings (SSSR count). The van der Waals surface area contributed by atoms with E-state index in [2.05, 4.69) is 11.9 Å². The highest BCUT2D eigenvalue weighted by Crippen LogP contribution is 2.17. The van der Waals surface area contributed by atoms with Gasteiger partial charge in [0.1, 0.15) is 0 Å². The van der Waals surface area contributed by atoms with Gasteiger partial charge in [0.25, 0.3) is 5.91 Å². The zero-order chi connectivity index (χ0) is 12.7. The van der Waals surface area contributed by atoms with Gasteiger partial charge in [-0.15, -0.1) is 6.58 Å². The fourth-order valence-corrected chi connectivity index (χ4v) is 1.30. The summed E-state index contributed by atoms with van der Waals surface area (Å²) in [5.74, 6) is -0.647. The third-order valence-corrected chi connectivity index (χ3v) is 2.19. The summed E-state index contributed by atoms with van der Waals surface area (Å²) in [4.78, 5) is 11.6. The predicted octanol–water partition coefficient (Wildman–Crippen LogP) is 2.29. The van der Waals surface area contributed by atoms with Crippen LogP contribution in [0.25, 0.3) is 0 Å². The molecule has 92 valence electrons. The molecule has 0 heterocycles. The molecule has 4 heteroatoms. The second-order valence-electron chi connectivity index (χ2n) is 3.48. The van der Waals surface area contributed by atoms with Gasteiger partial charge < -0.3 is 10.1 Å². The van der Waals surface area contributed by atoms with Crippen molar-refractivity contribution < 1.29 is 13.9 Å². The van der Waals surface area contributed by atoms with Crippen LogP contribution in [0.4, 0.5) is 4.39 Å². The standard InChI is InChI=1S/C13H16FNO2/c1-3-9-15-13(16)11(4-2)17-12-8-6-5-7-10(12)14/h3,5-8,11H,1,4,9H2,2H3,(H,15,16)/t11-/m1/s1. The number of carbonyl (C=O) groups is 1. The summed E-state index contributed by atoms with van der Waals surface area (Å²) in [6.07, 6.45) is 1.36. The molecule has 0 aromatic heterocycles. The number of nitrogens with one attached hydrogen (secondary N) is 1. The molecule has 0 aliphatic heterocycles. The molecule has 0 saturated heterocycles. The first kappa shape index (κ1) is 13.2. The molecule has 0 fully saturated rings. The Morgan fingerprint density at radius 2 is 2.29 bits per heavy atom. The minimum absolute atomic E-state index is 0.0908. The lowest BCUT2D eigenvalue weighted by atomic mass is 10.2. The third-order valence-electron chi connectivity index (χ3n) is 2.19. The van der Waals surface area contributed by atoms with Crippen LogP contribution < -0.4 is 10.1 Å². The Bertz CT molecular complexity index is 393. The van der Waals surface area contributed by atoms with Crippen LogP contribution in [0.15, 0.2) is 36.9 Å². The summed E-state index contributed by atoms with van der Waals surface area (Å²) in [7, 11) is 0. The quantitative estimate of drug-likeness (QED) is 0.771. The van der Waals surface area contributed by atoms with Gasteiger partial charge in [0.2, 0.25) is 0 Å². The van der Waals surface area contributed by atoms with E-state index in [1.807, 2.05) is 0 Å². The van der Waals surface area contributed by atoms with E-state index in [1.54, 1.807) is 25.1 Å². The molecule has 1 amide bonds. The van der Waals surface area contributed by atoms with Crippen molar-refractivity contribution in [2.45, 2.75) is 19.4 Å². The number of ether oxygens (including phenoxy) is 1. The van der Waals surface area contributed by atoms with E-state index in [1.165, 1.54) is 12.1 Å². The fourth-order valence-electron chi connectivity index (χ4n) is 1.30. The van der Waals surface area contributed by atoms with Crippen LogP contribution in [0, 0.1) is 5.82 Å². The Labute approximate surface area is 100 Å². The molecule has 1 N–H and O–H groups in total. The van der Waals surface area contributed by atoms with Gasteiger partial charge in [0.15, 0.2) is 17.7 Å². The minimum atomic E-state index is -0.688. The summed E-state index contributed by atoms with van der Waals surface area (Å²) in [5, 5.41) is 2.62. The van der Waals surface area contributed by atoms with Crippen molar-refractivity contribution in [2.75, 3.05) is 6.54 Å². The Balaban J connectivity index is 2.66. The maximum absolute atomic E-state index is 13.3. The molecular weight excluding hydrogens is 221 g/mol. The first-order valence-electron chi connectivity index (χ1n) is 5.48. The average molecular weight is 237 g/mol. The topological polar surface area (TPSA) is 38.3 Å².